The Labute approximate surface area is 170 Å². The van der Waals surface area contributed by atoms with Crippen LogP contribution in [0.1, 0.15) is 56.9 Å². The summed E-state index contributed by atoms with van der Waals surface area (Å²) in [5.41, 5.74) is 2.22. The fourth-order valence-corrected chi connectivity index (χ4v) is 3.75. The Kier molecular flexibility index (Phi) is 6.88. The molecule has 0 spiro atoms. The van der Waals surface area contributed by atoms with Crippen LogP contribution in [-0.2, 0) is 4.79 Å². The van der Waals surface area contributed by atoms with E-state index in [1.165, 1.54) is 32.1 Å². The first-order valence-corrected chi connectivity index (χ1v) is 10.4. The van der Waals surface area contributed by atoms with Crippen LogP contribution >= 0.6 is 0 Å². The molecule has 5 heteroatoms. The number of unbranched alkanes of at least 4 members (excludes halogenated alkanes) is 5. The zero-order valence-electron chi connectivity index (χ0n) is 16.7. The van der Waals surface area contributed by atoms with Gasteiger partial charge in [-0.05, 0) is 35.2 Å². The van der Waals surface area contributed by atoms with Crippen LogP contribution in [0.3, 0.4) is 0 Å². The highest BCUT2D eigenvalue weighted by Crippen LogP contribution is 2.61. The van der Waals surface area contributed by atoms with Crippen LogP contribution in [0.2, 0.25) is 0 Å². The van der Waals surface area contributed by atoms with E-state index in [-0.39, 0.29) is 0 Å². The summed E-state index contributed by atoms with van der Waals surface area (Å²) in [7, 11) is 0. The van der Waals surface area contributed by atoms with Crippen molar-refractivity contribution < 1.29 is 23.4 Å². The van der Waals surface area contributed by atoms with E-state index in [2.05, 4.69) is 6.92 Å². The topological polar surface area (TPSA) is 46.5 Å². The molecule has 1 fully saturated rings. The molecule has 0 aliphatic heterocycles. The molecule has 0 amide bonds. The Morgan fingerprint density at radius 2 is 1.48 bits per heavy atom. The smallest absolute Gasteiger partial charge is 0.313 e. The van der Waals surface area contributed by atoms with E-state index in [0.717, 1.165) is 23.3 Å². The fraction of sp³-hybridized carbons (Fsp3) is 0.458. The minimum absolute atomic E-state index is 0.366. The Bertz CT molecular complexity index is 800. The minimum Gasteiger partial charge on any atom is -0.494 e. The third-order valence-electron chi connectivity index (χ3n) is 5.54. The van der Waals surface area contributed by atoms with Gasteiger partial charge in [0, 0.05) is 0 Å². The summed E-state index contributed by atoms with van der Waals surface area (Å²) in [6.07, 6.45) is 7.34. The van der Waals surface area contributed by atoms with Crippen LogP contribution in [0, 0.1) is 5.92 Å². The van der Waals surface area contributed by atoms with Crippen molar-refractivity contribution in [1.82, 2.24) is 0 Å². The first kappa shape index (κ1) is 21.3. The average Bonchev–Trinajstić information content (AvgIpc) is 3.30. The summed E-state index contributed by atoms with van der Waals surface area (Å²) in [6, 6.07) is 14.4. The van der Waals surface area contributed by atoms with E-state index in [9.17, 15) is 13.6 Å². The molecule has 0 radical (unpaired) electrons. The van der Waals surface area contributed by atoms with E-state index in [4.69, 9.17) is 9.84 Å². The number of rotatable bonds is 11. The lowest BCUT2D eigenvalue weighted by atomic mass is 10.0. The van der Waals surface area contributed by atoms with Crippen molar-refractivity contribution in [3.8, 4) is 16.9 Å². The zero-order valence-corrected chi connectivity index (χ0v) is 16.7. The molecule has 0 saturated heterocycles. The van der Waals surface area contributed by atoms with Gasteiger partial charge in [0.05, 0.1) is 12.5 Å². The Morgan fingerprint density at radius 1 is 0.931 bits per heavy atom. The number of hydrogen-bond donors (Lipinski definition) is 1. The van der Waals surface area contributed by atoms with Gasteiger partial charge in [0.1, 0.15) is 11.7 Å². The molecular weight excluding hydrogens is 374 g/mol. The second-order valence-electron chi connectivity index (χ2n) is 7.73. The maximum atomic E-state index is 13.7. The van der Waals surface area contributed by atoms with E-state index < -0.39 is 23.7 Å². The van der Waals surface area contributed by atoms with Crippen LogP contribution < -0.4 is 4.74 Å². The van der Waals surface area contributed by atoms with Crippen molar-refractivity contribution in [3.63, 3.8) is 0 Å². The van der Waals surface area contributed by atoms with E-state index in [1.54, 1.807) is 24.3 Å². The third kappa shape index (κ3) is 5.14. The van der Waals surface area contributed by atoms with Crippen LogP contribution in [0.5, 0.6) is 5.75 Å². The molecule has 2 atom stereocenters. The number of alkyl halides is 2. The van der Waals surface area contributed by atoms with E-state index in [1.807, 2.05) is 24.3 Å². The molecular formula is C24H28F2O3. The Balaban J connectivity index is 1.51. The summed E-state index contributed by atoms with van der Waals surface area (Å²) in [6.45, 7) is 2.92. The van der Waals surface area contributed by atoms with Gasteiger partial charge in [-0.3, -0.25) is 4.79 Å². The highest BCUT2D eigenvalue weighted by atomic mass is 19.3. The predicted octanol–water partition coefficient (Wildman–Crippen LogP) is 6.53. The molecule has 3 rings (SSSR count). The largest absolute Gasteiger partial charge is 0.494 e. The van der Waals surface area contributed by atoms with Crippen LogP contribution in [0.15, 0.2) is 48.5 Å². The van der Waals surface area contributed by atoms with Gasteiger partial charge in [0.15, 0.2) is 0 Å². The van der Waals surface area contributed by atoms with Crippen molar-refractivity contribution in [3.05, 3.63) is 54.1 Å². The molecule has 0 heterocycles. The first-order valence-electron chi connectivity index (χ1n) is 10.4. The fourth-order valence-electron chi connectivity index (χ4n) is 3.75. The summed E-state index contributed by atoms with van der Waals surface area (Å²) < 4.78 is 33.1. The van der Waals surface area contributed by atoms with Crippen molar-refractivity contribution in [2.75, 3.05) is 6.61 Å². The molecule has 2 aromatic rings. The standard InChI is InChI=1S/C24H28F2O3/c1-2-3-4-5-6-7-16-29-20-14-12-18(13-15-20)17-8-10-19(11-9-17)21-22(23(27)28)24(21,25)26/h8-15,21-22H,2-7,16H2,1H3,(H,27,28)/t21-,22+/m0/s1. The molecule has 3 nitrogen and oxygen atoms in total. The highest BCUT2D eigenvalue weighted by molar-refractivity contribution is 5.78. The molecule has 0 bridgehead atoms. The number of ether oxygens (including phenoxy) is 1. The third-order valence-corrected chi connectivity index (χ3v) is 5.54. The summed E-state index contributed by atoms with van der Waals surface area (Å²) in [4.78, 5) is 10.9. The Hall–Kier alpha value is -2.43. The second kappa shape index (κ2) is 9.38. The van der Waals surface area contributed by atoms with Crippen LogP contribution in [-0.4, -0.2) is 23.6 Å². The van der Waals surface area contributed by atoms with Gasteiger partial charge in [0.25, 0.3) is 5.92 Å². The monoisotopic (exact) mass is 402 g/mol. The van der Waals surface area contributed by atoms with Gasteiger partial charge < -0.3 is 9.84 Å². The van der Waals surface area contributed by atoms with E-state index in [0.29, 0.717) is 12.2 Å². The SMILES string of the molecule is CCCCCCCCOc1ccc(-c2ccc([C@H]3[C@H](C(=O)O)C3(F)F)cc2)cc1. The Morgan fingerprint density at radius 3 is 2.03 bits per heavy atom. The average molecular weight is 402 g/mol. The van der Waals surface area contributed by atoms with Gasteiger partial charge >= 0.3 is 5.97 Å². The summed E-state index contributed by atoms with van der Waals surface area (Å²) in [5, 5.41) is 8.91. The van der Waals surface area contributed by atoms with Crippen molar-refractivity contribution in [1.29, 1.82) is 0 Å². The van der Waals surface area contributed by atoms with Gasteiger partial charge in [-0.1, -0.05) is 75.4 Å². The maximum Gasteiger partial charge on any atom is 0.313 e. The first-order chi connectivity index (χ1) is 13.9. The normalized spacial score (nSPS) is 19.7. The van der Waals surface area contributed by atoms with Gasteiger partial charge in [-0.2, -0.15) is 0 Å². The summed E-state index contributed by atoms with van der Waals surface area (Å²) >= 11 is 0. The lowest BCUT2D eigenvalue weighted by Gasteiger charge is -2.08. The highest BCUT2D eigenvalue weighted by Gasteiger charge is 2.72. The predicted molar refractivity (Wildman–Crippen MR) is 110 cm³/mol. The number of carboxylic acid groups (broad SMARTS) is 1. The molecule has 0 unspecified atom stereocenters. The van der Waals surface area contributed by atoms with Gasteiger partial charge in [-0.25, -0.2) is 8.78 Å². The van der Waals surface area contributed by atoms with Gasteiger partial charge in [0.2, 0.25) is 0 Å². The summed E-state index contributed by atoms with van der Waals surface area (Å²) in [5.74, 6) is -6.63. The van der Waals surface area contributed by atoms with Crippen molar-refractivity contribution in [2.24, 2.45) is 5.92 Å². The lowest BCUT2D eigenvalue weighted by Crippen LogP contribution is -2.04. The minimum atomic E-state index is -3.16. The molecule has 2 aromatic carbocycles. The molecule has 156 valence electrons. The molecule has 29 heavy (non-hydrogen) atoms. The second-order valence-corrected chi connectivity index (χ2v) is 7.73. The van der Waals surface area contributed by atoms with Crippen LogP contribution in [0.4, 0.5) is 8.78 Å². The van der Waals surface area contributed by atoms with Crippen molar-refractivity contribution >= 4 is 5.97 Å². The molecule has 1 saturated carbocycles. The van der Waals surface area contributed by atoms with Crippen LogP contribution in [0.25, 0.3) is 11.1 Å². The molecule has 1 aliphatic carbocycles. The maximum absolute atomic E-state index is 13.7. The van der Waals surface area contributed by atoms with Crippen molar-refractivity contribution in [2.45, 2.75) is 57.3 Å². The number of carbonyl (C=O) groups is 1. The number of aliphatic carboxylic acids is 1. The van der Waals surface area contributed by atoms with E-state index >= 15 is 0 Å². The quantitative estimate of drug-likeness (QED) is 0.435. The number of carboxylic acids is 1. The zero-order chi connectivity index (χ0) is 20.9. The number of benzene rings is 2. The molecule has 1 aliphatic rings. The molecule has 0 aromatic heterocycles. The number of halogens is 2. The van der Waals surface area contributed by atoms with Gasteiger partial charge in [-0.15, -0.1) is 0 Å². The molecule has 1 N–H and O–H groups in total. The lowest BCUT2D eigenvalue weighted by molar-refractivity contribution is -0.140. The number of hydrogen-bond acceptors (Lipinski definition) is 2.